The minimum atomic E-state index is -4.16. The number of phenolic OH excluding ortho intramolecular Hbond substituents is 2. The Labute approximate surface area is 175 Å². The molecule has 2 heterocycles. The van der Waals surface area contributed by atoms with Crippen molar-refractivity contribution in [3.05, 3.63) is 23.8 Å². The number of carbonyl (C=O) groups is 4. The van der Waals surface area contributed by atoms with Gasteiger partial charge in [-0.15, -0.1) is 0 Å². The van der Waals surface area contributed by atoms with Crippen LogP contribution >= 0.6 is 0 Å². The van der Waals surface area contributed by atoms with Crippen LogP contribution in [-0.2, 0) is 24.2 Å². The zero-order valence-corrected chi connectivity index (χ0v) is 17.1. The second-order valence-corrected chi connectivity index (χ2v) is 9.88. The number of carboxylic acids is 1. The molecule has 31 heavy (non-hydrogen) atoms. The molecule has 0 unspecified atom stereocenters. The number of sulfone groups is 1. The number of hydrazine groups is 1. The monoisotopic (exact) mass is 457 g/mol. The predicted molar refractivity (Wildman–Crippen MR) is 100 cm³/mol. The highest BCUT2D eigenvalue weighted by atomic mass is 32.2. The molecular weight excluding hydrogens is 438 g/mol. The van der Waals surface area contributed by atoms with Crippen molar-refractivity contribution < 1.29 is 47.7 Å². The number of carbonyl (C=O) groups excluding carboxylic acids is 3. The number of hydrogen-bond donors (Lipinski definition) is 4. The number of rotatable bonds is 4. The zero-order chi connectivity index (χ0) is 23.3. The first-order valence-corrected chi connectivity index (χ1v) is 10.4. The molecule has 3 rings (SSSR count). The van der Waals surface area contributed by atoms with E-state index in [1.165, 1.54) is 6.07 Å². The van der Waals surface area contributed by atoms with E-state index in [1.54, 1.807) is 0 Å². The summed E-state index contributed by atoms with van der Waals surface area (Å²) in [5.41, 5.74) is 1.94. The van der Waals surface area contributed by atoms with Crippen LogP contribution in [0.5, 0.6) is 11.5 Å². The first-order chi connectivity index (χ1) is 14.3. The van der Waals surface area contributed by atoms with Crippen LogP contribution in [0.3, 0.4) is 0 Å². The van der Waals surface area contributed by atoms with Gasteiger partial charge in [-0.05, 0) is 25.1 Å². The number of amides is 3. The summed E-state index contributed by atoms with van der Waals surface area (Å²) >= 11 is 0. The van der Waals surface area contributed by atoms with Crippen molar-refractivity contribution in [1.29, 1.82) is 0 Å². The van der Waals surface area contributed by atoms with Gasteiger partial charge in [0, 0.05) is 12.6 Å². The summed E-state index contributed by atoms with van der Waals surface area (Å²) in [7, 11) is -3.01. The Morgan fingerprint density at radius 3 is 2.48 bits per heavy atom. The van der Waals surface area contributed by atoms with Crippen LogP contribution in [0.25, 0.3) is 0 Å². The van der Waals surface area contributed by atoms with E-state index in [0.717, 1.165) is 31.0 Å². The standard InChI is InChI=1S/C17H19N3O10S/c1-17(13(15(25)26)20-11(23)6-12(20)31(17,28)29)7-30-16(27)18-19(2)14(24)8-3-4-9(21)10(22)5-8/h3-5,12-13,21-22H,6-7H2,1-2H3,(H,18,27)(H,25,26)/t12-,13+,17+/m1/s1. The summed E-state index contributed by atoms with van der Waals surface area (Å²) in [6, 6.07) is 1.49. The first kappa shape index (κ1) is 22.1. The predicted octanol–water partition coefficient (Wildman–Crippen LogP) is -0.990. The van der Waals surface area contributed by atoms with Crippen molar-refractivity contribution in [1.82, 2.24) is 15.3 Å². The van der Waals surface area contributed by atoms with Gasteiger partial charge < -0.3 is 25.0 Å². The summed E-state index contributed by atoms with van der Waals surface area (Å²) in [6.07, 6.45) is -1.59. The van der Waals surface area contributed by atoms with Gasteiger partial charge in [-0.3, -0.25) is 14.6 Å². The Morgan fingerprint density at radius 2 is 1.94 bits per heavy atom. The van der Waals surface area contributed by atoms with Crippen molar-refractivity contribution in [2.75, 3.05) is 13.7 Å². The molecule has 2 saturated heterocycles. The molecule has 1 aromatic rings. The number of nitrogens with one attached hydrogen (secondary N) is 1. The molecule has 0 spiro atoms. The molecule has 168 valence electrons. The lowest BCUT2D eigenvalue weighted by atomic mass is 9.97. The number of nitrogens with zero attached hydrogens (tertiary/aromatic N) is 2. The van der Waals surface area contributed by atoms with E-state index < -0.39 is 68.0 Å². The molecule has 2 aliphatic rings. The van der Waals surface area contributed by atoms with Crippen LogP contribution in [0, 0.1) is 0 Å². The Morgan fingerprint density at radius 1 is 1.29 bits per heavy atom. The zero-order valence-electron chi connectivity index (χ0n) is 16.3. The van der Waals surface area contributed by atoms with Gasteiger partial charge in [0.1, 0.15) is 16.7 Å². The molecule has 2 aliphatic heterocycles. The average molecular weight is 457 g/mol. The molecule has 0 bridgehead atoms. The Bertz CT molecular complexity index is 1090. The highest BCUT2D eigenvalue weighted by Crippen LogP contribution is 2.46. The van der Waals surface area contributed by atoms with Crippen LogP contribution in [0.1, 0.15) is 23.7 Å². The van der Waals surface area contributed by atoms with Gasteiger partial charge in [0.15, 0.2) is 27.4 Å². The topological polar surface area (TPSA) is 191 Å². The molecule has 0 aromatic heterocycles. The van der Waals surface area contributed by atoms with E-state index in [0.29, 0.717) is 5.01 Å². The highest BCUT2D eigenvalue weighted by molar-refractivity contribution is 7.94. The van der Waals surface area contributed by atoms with Crippen LogP contribution < -0.4 is 5.43 Å². The first-order valence-electron chi connectivity index (χ1n) is 8.82. The van der Waals surface area contributed by atoms with Gasteiger partial charge in [-0.1, -0.05) is 0 Å². The minimum absolute atomic E-state index is 0.0859. The van der Waals surface area contributed by atoms with Crippen molar-refractivity contribution >= 4 is 33.7 Å². The second-order valence-electron chi connectivity index (χ2n) is 7.31. The molecule has 0 radical (unpaired) electrons. The average Bonchev–Trinajstić information content (AvgIpc) is 2.82. The quantitative estimate of drug-likeness (QED) is 0.248. The Balaban J connectivity index is 1.69. The van der Waals surface area contributed by atoms with Gasteiger partial charge in [-0.25, -0.2) is 23.4 Å². The summed E-state index contributed by atoms with van der Waals surface area (Å²) in [6.45, 7) is 0.203. The Hall–Kier alpha value is -3.55. The maximum atomic E-state index is 12.7. The van der Waals surface area contributed by atoms with Crippen molar-refractivity contribution in [2.45, 2.75) is 29.5 Å². The summed E-state index contributed by atoms with van der Waals surface area (Å²) in [5.74, 6) is -3.99. The van der Waals surface area contributed by atoms with E-state index in [1.807, 2.05) is 5.43 Å². The fraction of sp³-hybridized carbons (Fsp3) is 0.412. The van der Waals surface area contributed by atoms with E-state index >= 15 is 0 Å². The van der Waals surface area contributed by atoms with Gasteiger partial charge in [0.05, 0.1) is 6.42 Å². The van der Waals surface area contributed by atoms with E-state index in [2.05, 4.69) is 0 Å². The molecule has 3 atom stereocenters. The highest BCUT2D eigenvalue weighted by Gasteiger charge is 2.70. The van der Waals surface area contributed by atoms with Gasteiger partial charge >= 0.3 is 12.1 Å². The molecule has 4 N–H and O–H groups in total. The maximum absolute atomic E-state index is 12.7. The molecule has 3 amide bonds. The number of fused-ring (bicyclic) bond motifs is 1. The molecule has 1 aromatic carbocycles. The lowest BCUT2D eigenvalue weighted by molar-refractivity contribution is -0.158. The SMILES string of the molecule is CN(NC(=O)OC[C@@]1(C)[C@H](C(=O)O)N2C(=O)C[C@H]2S1(=O)=O)C(=O)c1ccc(O)c(O)c1. The number of phenols is 2. The molecule has 14 heteroatoms. The van der Waals surface area contributed by atoms with Crippen molar-refractivity contribution in [2.24, 2.45) is 0 Å². The lowest BCUT2D eigenvalue weighted by Gasteiger charge is -2.35. The van der Waals surface area contributed by atoms with Crippen molar-refractivity contribution in [3.63, 3.8) is 0 Å². The molecule has 0 saturated carbocycles. The largest absolute Gasteiger partial charge is 0.504 e. The van der Waals surface area contributed by atoms with E-state index in [4.69, 9.17) is 4.74 Å². The summed E-state index contributed by atoms with van der Waals surface area (Å²) < 4.78 is 28.3. The van der Waals surface area contributed by atoms with E-state index in [-0.39, 0.29) is 12.0 Å². The number of ether oxygens (including phenoxy) is 1. The number of carboxylic acid groups (broad SMARTS) is 1. The van der Waals surface area contributed by atoms with Crippen LogP contribution in [0.4, 0.5) is 4.79 Å². The second kappa shape index (κ2) is 7.30. The third kappa shape index (κ3) is 3.37. The maximum Gasteiger partial charge on any atom is 0.426 e. The van der Waals surface area contributed by atoms with Crippen LogP contribution in [0.2, 0.25) is 0 Å². The van der Waals surface area contributed by atoms with Crippen LogP contribution in [-0.4, -0.2) is 87.3 Å². The molecular formula is C17H19N3O10S. The molecule has 2 fully saturated rings. The smallest absolute Gasteiger partial charge is 0.426 e. The summed E-state index contributed by atoms with van der Waals surface area (Å²) in [4.78, 5) is 48.5. The van der Waals surface area contributed by atoms with Gasteiger partial charge in [0.2, 0.25) is 5.91 Å². The fourth-order valence-corrected chi connectivity index (χ4v) is 5.82. The number of β-lactam (4-membered cyclic amide) rings is 1. The van der Waals surface area contributed by atoms with Gasteiger partial charge in [-0.2, -0.15) is 0 Å². The minimum Gasteiger partial charge on any atom is -0.504 e. The summed E-state index contributed by atoms with van der Waals surface area (Å²) in [5, 5.41) is 27.6. The number of aliphatic carboxylic acids is 1. The lowest BCUT2D eigenvalue weighted by Crippen LogP contribution is -2.58. The number of aromatic hydroxyl groups is 2. The third-order valence-corrected chi connectivity index (χ3v) is 8.07. The van der Waals surface area contributed by atoms with E-state index in [9.17, 15) is 42.9 Å². The number of benzene rings is 1. The Kier molecular flexibility index (Phi) is 5.21. The van der Waals surface area contributed by atoms with Gasteiger partial charge in [0.25, 0.3) is 5.91 Å². The third-order valence-electron chi connectivity index (χ3n) is 5.32. The normalized spacial score (nSPS) is 25.9. The molecule has 13 nitrogen and oxygen atoms in total. The van der Waals surface area contributed by atoms with Crippen molar-refractivity contribution in [3.8, 4) is 11.5 Å². The number of hydrogen-bond acceptors (Lipinski definition) is 9. The van der Waals surface area contributed by atoms with Crippen LogP contribution in [0.15, 0.2) is 18.2 Å². The molecule has 0 aliphatic carbocycles. The fourth-order valence-electron chi connectivity index (χ4n) is 3.55.